The lowest BCUT2D eigenvalue weighted by Crippen LogP contribution is -2.37. The minimum atomic E-state index is -0.648. The van der Waals surface area contributed by atoms with Crippen LogP contribution in [0.25, 0.3) is 0 Å². The van der Waals surface area contributed by atoms with Crippen LogP contribution in [0.15, 0.2) is 24.3 Å². The Bertz CT molecular complexity index is 445. The van der Waals surface area contributed by atoms with E-state index in [0.29, 0.717) is 6.54 Å². The summed E-state index contributed by atoms with van der Waals surface area (Å²) in [7, 11) is 0. The van der Waals surface area contributed by atoms with Crippen molar-refractivity contribution in [2.45, 2.75) is 19.9 Å². The molecule has 0 aliphatic heterocycles. The number of hydrogen-bond donors (Lipinski definition) is 3. The molecule has 1 rings (SSSR count). The Morgan fingerprint density at radius 1 is 1.30 bits per heavy atom. The third-order valence-corrected chi connectivity index (χ3v) is 2.85. The van der Waals surface area contributed by atoms with Crippen molar-refractivity contribution in [3.05, 3.63) is 35.4 Å². The third kappa shape index (κ3) is 5.71. The molecule has 1 aromatic rings. The van der Waals surface area contributed by atoms with Gasteiger partial charge in [0.15, 0.2) is 0 Å². The molecule has 4 N–H and O–H groups in total. The molecule has 6 nitrogen and oxygen atoms in total. The molecule has 0 radical (unpaired) electrons. The Morgan fingerprint density at radius 3 is 2.50 bits per heavy atom. The van der Waals surface area contributed by atoms with Crippen molar-refractivity contribution < 1.29 is 14.7 Å². The van der Waals surface area contributed by atoms with Gasteiger partial charge in [0, 0.05) is 26.1 Å². The van der Waals surface area contributed by atoms with E-state index in [-0.39, 0.29) is 32.0 Å². The average molecular weight is 279 g/mol. The zero-order valence-corrected chi connectivity index (χ0v) is 11.6. The maximum Gasteiger partial charge on any atom is 0.312 e. The van der Waals surface area contributed by atoms with Crippen LogP contribution in [0.1, 0.15) is 17.5 Å². The van der Waals surface area contributed by atoms with E-state index in [0.717, 1.165) is 11.1 Å². The third-order valence-electron chi connectivity index (χ3n) is 2.85. The highest BCUT2D eigenvalue weighted by atomic mass is 16.3. The number of nitrogens with two attached hydrogens (primary N) is 1. The number of nitrogens with one attached hydrogen (secondary N) is 1. The molecule has 20 heavy (non-hydrogen) atoms. The van der Waals surface area contributed by atoms with Crippen molar-refractivity contribution in [2.75, 3.05) is 19.7 Å². The normalized spacial score (nSPS) is 10.1. The summed E-state index contributed by atoms with van der Waals surface area (Å²) >= 11 is 0. The Labute approximate surface area is 118 Å². The maximum absolute atomic E-state index is 12.0. The number of carbonyl (C=O) groups is 2. The molecule has 0 fully saturated rings. The van der Waals surface area contributed by atoms with Gasteiger partial charge in [-0.3, -0.25) is 4.79 Å². The molecule has 3 amide bonds. The van der Waals surface area contributed by atoms with Gasteiger partial charge < -0.3 is 21.1 Å². The van der Waals surface area contributed by atoms with E-state index in [1.54, 1.807) is 4.90 Å². The summed E-state index contributed by atoms with van der Waals surface area (Å²) in [6.45, 7) is 2.81. The summed E-state index contributed by atoms with van der Waals surface area (Å²) in [5.41, 5.74) is 7.09. The molecule has 0 saturated heterocycles. The van der Waals surface area contributed by atoms with Crippen LogP contribution in [0.3, 0.4) is 0 Å². The molecule has 0 aliphatic carbocycles. The van der Waals surface area contributed by atoms with Gasteiger partial charge in [-0.1, -0.05) is 29.8 Å². The number of primary amides is 1. The molecule has 1 aromatic carbocycles. The molecule has 0 atom stereocenters. The van der Waals surface area contributed by atoms with Crippen LogP contribution < -0.4 is 11.1 Å². The number of amides is 3. The molecule has 110 valence electrons. The summed E-state index contributed by atoms with van der Waals surface area (Å²) in [5, 5.41) is 11.4. The summed E-state index contributed by atoms with van der Waals surface area (Å²) in [6, 6.07) is 7.21. The SMILES string of the molecule is Cc1ccc(CN(CCO)C(=O)CCNC(N)=O)cc1. The topological polar surface area (TPSA) is 95.7 Å². The number of hydrogen-bond acceptors (Lipinski definition) is 3. The maximum atomic E-state index is 12.0. The van der Waals surface area contributed by atoms with E-state index in [9.17, 15) is 9.59 Å². The van der Waals surface area contributed by atoms with Crippen LogP contribution in [0.4, 0.5) is 4.79 Å². The van der Waals surface area contributed by atoms with Crippen molar-refractivity contribution in [3.8, 4) is 0 Å². The van der Waals surface area contributed by atoms with E-state index in [4.69, 9.17) is 10.8 Å². The summed E-state index contributed by atoms with van der Waals surface area (Å²) < 4.78 is 0. The summed E-state index contributed by atoms with van der Waals surface area (Å²) in [5.74, 6) is -0.131. The van der Waals surface area contributed by atoms with Gasteiger partial charge in [0.05, 0.1) is 6.61 Å². The van der Waals surface area contributed by atoms with Gasteiger partial charge in [-0.2, -0.15) is 0 Å². The van der Waals surface area contributed by atoms with Gasteiger partial charge in [-0.25, -0.2) is 4.79 Å². The molecular formula is C14H21N3O3. The Hall–Kier alpha value is -2.08. The monoisotopic (exact) mass is 279 g/mol. The van der Waals surface area contributed by atoms with Crippen LogP contribution in [0.2, 0.25) is 0 Å². The van der Waals surface area contributed by atoms with Crippen LogP contribution in [-0.2, 0) is 11.3 Å². The van der Waals surface area contributed by atoms with E-state index in [1.807, 2.05) is 31.2 Å². The fraction of sp³-hybridized carbons (Fsp3) is 0.429. The molecule has 0 aliphatic rings. The lowest BCUT2D eigenvalue weighted by atomic mass is 10.1. The lowest BCUT2D eigenvalue weighted by Gasteiger charge is -2.22. The lowest BCUT2D eigenvalue weighted by molar-refractivity contribution is -0.132. The second kappa shape index (κ2) is 8.16. The number of benzene rings is 1. The number of aliphatic hydroxyl groups excluding tert-OH is 1. The van der Waals surface area contributed by atoms with Gasteiger partial charge in [0.2, 0.25) is 5.91 Å². The zero-order valence-electron chi connectivity index (χ0n) is 11.6. The molecule has 0 spiro atoms. The number of aliphatic hydroxyl groups is 1. The van der Waals surface area contributed by atoms with Crippen molar-refractivity contribution in [3.63, 3.8) is 0 Å². The van der Waals surface area contributed by atoms with Gasteiger partial charge in [0.1, 0.15) is 0 Å². The standard InChI is InChI=1S/C14H21N3O3/c1-11-2-4-12(5-3-11)10-17(8-9-18)13(19)6-7-16-14(15)20/h2-5,18H,6-10H2,1H3,(H3,15,16,20). The Kier molecular flexibility index (Phi) is 6.52. The summed E-state index contributed by atoms with van der Waals surface area (Å²) in [6.07, 6.45) is 0.162. The summed E-state index contributed by atoms with van der Waals surface area (Å²) in [4.78, 5) is 24.1. The molecule has 0 saturated carbocycles. The first kappa shape index (κ1) is 16.0. The second-order valence-corrected chi connectivity index (χ2v) is 4.57. The van der Waals surface area contributed by atoms with Crippen LogP contribution in [0, 0.1) is 6.92 Å². The predicted molar refractivity (Wildman–Crippen MR) is 75.9 cm³/mol. The first-order valence-electron chi connectivity index (χ1n) is 6.50. The van der Waals surface area contributed by atoms with E-state index in [1.165, 1.54) is 0 Å². The van der Waals surface area contributed by atoms with Crippen molar-refractivity contribution in [2.24, 2.45) is 5.73 Å². The first-order valence-corrected chi connectivity index (χ1v) is 6.50. The molecule has 0 unspecified atom stereocenters. The fourth-order valence-electron chi connectivity index (χ4n) is 1.78. The molecule has 0 aromatic heterocycles. The van der Waals surface area contributed by atoms with Crippen LogP contribution in [-0.4, -0.2) is 41.6 Å². The number of rotatable bonds is 7. The quantitative estimate of drug-likeness (QED) is 0.673. The molecule has 0 bridgehead atoms. The molecule has 0 heterocycles. The molecule has 6 heteroatoms. The van der Waals surface area contributed by atoms with Gasteiger partial charge in [-0.05, 0) is 12.5 Å². The fourth-order valence-corrected chi connectivity index (χ4v) is 1.78. The van der Waals surface area contributed by atoms with Crippen LogP contribution >= 0.6 is 0 Å². The highest BCUT2D eigenvalue weighted by molar-refractivity contribution is 5.77. The van der Waals surface area contributed by atoms with Crippen molar-refractivity contribution in [1.82, 2.24) is 10.2 Å². The molecular weight excluding hydrogens is 258 g/mol. The Morgan fingerprint density at radius 2 is 1.95 bits per heavy atom. The number of aryl methyl sites for hydroxylation is 1. The number of urea groups is 1. The van der Waals surface area contributed by atoms with E-state index in [2.05, 4.69) is 5.32 Å². The smallest absolute Gasteiger partial charge is 0.312 e. The number of carbonyl (C=O) groups excluding carboxylic acids is 2. The van der Waals surface area contributed by atoms with Crippen molar-refractivity contribution >= 4 is 11.9 Å². The minimum absolute atomic E-state index is 0.0964. The van der Waals surface area contributed by atoms with Gasteiger partial charge in [-0.15, -0.1) is 0 Å². The van der Waals surface area contributed by atoms with Gasteiger partial charge in [0.25, 0.3) is 0 Å². The van der Waals surface area contributed by atoms with E-state index >= 15 is 0 Å². The number of nitrogens with zero attached hydrogens (tertiary/aromatic N) is 1. The Balaban J connectivity index is 2.56. The highest BCUT2D eigenvalue weighted by Crippen LogP contribution is 2.08. The minimum Gasteiger partial charge on any atom is -0.395 e. The second-order valence-electron chi connectivity index (χ2n) is 4.57. The van der Waals surface area contributed by atoms with Gasteiger partial charge >= 0.3 is 6.03 Å². The van der Waals surface area contributed by atoms with Crippen molar-refractivity contribution in [1.29, 1.82) is 0 Å². The first-order chi connectivity index (χ1) is 9.52. The highest BCUT2D eigenvalue weighted by Gasteiger charge is 2.13. The zero-order chi connectivity index (χ0) is 15.0. The predicted octanol–water partition coefficient (Wildman–Crippen LogP) is 0.374. The van der Waals surface area contributed by atoms with E-state index < -0.39 is 6.03 Å². The average Bonchev–Trinajstić information content (AvgIpc) is 2.40. The largest absolute Gasteiger partial charge is 0.395 e. The van der Waals surface area contributed by atoms with Crippen LogP contribution in [0.5, 0.6) is 0 Å².